The van der Waals surface area contributed by atoms with E-state index >= 15 is 0 Å². The van der Waals surface area contributed by atoms with Crippen LogP contribution in [-0.2, 0) is 11.2 Å². The second kappa shape index (κ2) is 8.34. The average molecular weight is 333 g/mol. The molecule has 1 aromatic rings. The van der Waals surface area contributed by atoms with Gasteiger partial charge in [0.15, 0.2) is 0 Å². The monoisotopic (exact) mass is 332 g/mol. The highest BCUT2D eigenvalue weighted by Gasteiger charge is 2.25. The molecule has 0 radical (unpaired) electrons. The van der Waals surface area contributed by atoms with Crippen LogP contribution in [0.3, 0.4) is 0 Å². The van der Waals surface area contributed by atoms with E-state index in [2.05, 4.69) is 53.5 Å². The Morgan fingerprint density at radius 1 is 1.39 bits per heavy atom. The fourth-order valence-corrected chi connectivity index (χ4v) is 3.00. The van der Waals surface area contributed by atoms with Gasteiger partial charge in [-0.1, -0.05) is 29.3 Å². The van der Waals surface area contributed by atoms with E-state index in [1.54, 1.807) is 11.3 Å². The van der Waals surface area contributed by atoms with Crippen LogP contribution in [0, 0.1) is 5.92 Å². The molecule has 0 spiro atoms. The van der Waals surface area contributed by atoms with Gasteiger partial charge in [-0.2, -0.15) is 11.3 Å². The first-order valence-electron chi connectivity index (χ1n) is 6.77. The van der Waals surface area contributed by atoms with E-state index in [-0.39, 0.29) is 5.60 Å². The van der Waals surface area contributed by atoms with Crippen LogP contribution in [0.2, 0.25) is 0 Å². The molecule has 0 fully saturated rings. The molecule has 18 heavy (non-hydrogen) atoms. The maximum Gasteiger partial charge on any atom is 0.0652 e. The molecule has 1 aromatic heterocycles. The van der Waals surface area contributed by atoms with Crippen LogP contribution < -0.4 is 0 Å². The lowest BCUT2D eigenvalue weighted by atomic mass is 9.88. The molecule has 0 bridgehead atoms. The molecule has 104 valence electrons. The highest BCUT2D eigenvalue weighted by Crippen LogP contribution is 2.26. The SMILES string of the molecule is CC(CCCCBr)C(C)(C)OCCc1ccsc1. The van der Waals surface area contributed by atoms with Gasteiger partial charge < -0.3 is 4.74 Å². The summed E-state index contributed by atoms with van der Waals surface area (Å²) in [6, 6.07) is 2.18. The van der Waals surface area contributed by atoms with Crippen LogP contribution in [0.5, 0.6) is 0 Å². The number of hydrogen-bond donors (Lipinski definition) is 0. The zero-order chi connectivity index (χ0) is 13.4. The molecule has 0 N–H and O–H groups in total. The van der Waals surface area contributed by atoms with Gasteiger partial charge in [0, 0.05) is 5.33 Å². The highest BCUT2D eigenvalue weighted by atomic mass is 79.9. The van der Waals surface area contributed by atoms with Gasteiger partial charge in [0.1, 0.15) is 0 Å². The van der Waals surface area contributed by atoms with Crippen LogP contribution in [0.1, 0.15) is 45.6 Å². The molecule has 0 aliphatic heterocycles. The molecular formula is C15H25BrOS. The molecule has 0 aliphatic carbocycles. The summed E-state index contributed by atoms with van der Waals surface area (Å²) < 4.78 is 6.09. The lowest BCUT2D eigenvalue weighted by Crippen LogP contribution is -2.33. The van der Waals surface area contributed by atoms with Crippen molar-refractivity contribution in [2.75, 3.05) is 11.9 Å². The lowest BCUT2D eigenvalue weighted by molar-refractivity contribution is -0.0564. The lowest BCUT2D eigenvalue weighted by Gasteiger charge is -2.32. The molecule has 0 amide bonds. The average Bonchev–Trinajstić information content (AvgIpc) is 2.82. The predicted molar refractivity (Wildman–Crippen MR) is 84.9 cm³/mol. The number of thiophene rings is 1. The molecule has 1 rings (SSSR count). The maximum atomic E-state index is 6.09. The third kappa shape index (κ3) is 5.85. The largest absolute Gasteiger partial charge is 0.375 e. The van der Waals surface area contributed by atoms with Crippen LogP contribution >= 0.6 is 27.3 Å². The van der Waals surface area contributed by atoms with Crippen LogP contribution in [0.25, 0.3) is 0 Å². The van der Waals surface area contributed by atoms with Gasteiger partial charge in [-0.05, 0) is 61.4 Å². The molecular weight excluding hydrogens is 308 g/mol. The fourth-order valence-electron chi connectivity index (χ4n) is 1.90. The Hall–Kier alpha value is 0.140. The van der Waals surface area contributed by atoms with Gasteiger partial charge in [-0.3, -0.25) is 0 Å². The summed E-state index contributed by atoms with van der Waals surface area (Å²) in [5.74, 6) is 0.610. The second-order valence-corrected chi connectivity index (χ2v) is 6.99. The number of hydrogen-bond acceptors (Lipinski definition) is 2. The standard InChI is InChI=1S/C15H25BrOS/c1-13(6-4-5-9-16)15(2,3)17-10-7-14-8-11-18-12-14/h8,11-13H,4-7,9-10H2,1-3H3. The first-order valence-corrected chi connectivity index (χ1v) is 8.83. The van der Waals surface area contributed by atoms with Crippen LogP contribution in [0.4, 0.5) is 0 Å². The Morgan fingerprint density at radius 2 is 2.17 bits per heavy atom. The number of halogens is 1. The van der Waals surface area contributed by atoms with Crippen molar-refractivity contribution in [3.05, 3.63) is 22.4 Å². The minimum absolute atomic E-state index is 0.0116. The Labute approximate surface area is 124 Å². The molecule has 1 heterocycles. The van der Waals surface area contributed by atoms with E-state index in [1.165, 1.54) is 24.8 Å². The van der Waals surface area contributed by atoms with Gasteiger partial charge in [-0.25, -0.2) is 0 Å². The minimum atomic E-state index is -0.0116. The molecule has 0 saturated carbocycles. The van der Waals surface area contributed by atoms with Gasteiger partial charge in [-0.15, -0.1) is 0 Å². The molecule has 3 heteroatoms. The van der Waals surface area contributed by atoms with Gasteiger partial charge >= 0.3 is 0 Å². The number of rotatable bonds is 9. The Morgan fingerprint density at radius 3 is 2.78 bits per heavy atom. The third-order valence-corrected chi connectivity index (χ3v) is 4.95. The minimum Gasteiger partial charge on any atom is -0.375 e. The number of ether oxygens (including phenoxy) is 1. The molecule has 0 aliphatic rings. The summed E-state index contributed by atoms with van der Waals surface area (Å²) in [6.07, 6.45) is 4.82. The summed E-state index contributed by atoms with van der Waals surface area (Å²) in [6.45, 7) is 7.57. The van der Waals surface area contributed by atoms with Crippen molar-refractivity contribution < 1.29 is 4.74 Å². The van der Waals surface area contributed by atoms with Gasteiger partial charge in [0.2, 0.25) is 0 Å². The molecule has 1 unspecified atom stereocenters. The molecule has 0 aromatic carbocycles. The van der Waals surface area contributed by atoms with Crippen LogP contribution in [0.15, 0.2) is 16.8 Å². The van der Waals surface area contributed by atoms with Crippen LogP contribution in [-0.4, -0.2) is 17.5 Å². The first-order chi connectivity index (χ1) is 8.56. The number of unbranched alkanes of at least 4 members (excludes halogenated alkanes) is 1. The van der Waals surface area contributed by atoms with Gasteiger partial charge in [0.25, 0.3) is 0 Å². The Kier molecular flexibility index (Phi) is 7.50. The van der Waals surface area contributed by atoms with Crippen molar-refractivity contribution in [1.82, 2.24) is 0 Å². The normalized spacial score (nSPS) is 13.8. The van der Waals surface area contributed by atoms with E-state index in [0.29, 0.717) is 5.92 Å². The van der Waals surface area contributed by atoms with Crippen molar-refractivity contribution >= 4 is 27.3 Å². The number of alkyl halides is 1. The summed E-state index contributed by atoms with van der Waals surface area (Å²) in [7, 11) is 0. The summed E-state index contributed by atoms with van der Waals surface area (Å²) in [5.41, 5.74) is 1.38. The second-order valence-electron chi connectivity index (χ2n) is 5.42. The van der Waals surface area contributed by atoms with Crippen molar-refractivity contribution in [2.45, 2.75) is 52.1 Å². The summed E-state index contributed by atoms with van der Waals surface area (Å²) in [5, 5.41) is 5.44. The van der Waals surface area contributed by atoms with Crippen molar-refractivity contribution in [3.63, 3.8) is 0 Å². The zero-order valence-electron chi connectivity index (χ0n) is 11.7. The third-order valence-electron chi connectivity index (χ3n) is 3.65. The van der Waals surface area contributed by atoms with E-state index in [1.807, 2.05) is 0 Å². The highest BCUT2D eigenvalue weighted by molar-refractivity contribution is 9.09. The fraction of sp³-hybridized carbons (Fsp3) is 0.733. The molecule has 0 saturated heterocycles. The Bertz CT molecular complexity index is 308. The van der Waals surface area contributed by atoms with E-state index in [0.717, 1.165) is 18.4 Å². The smallest absolute Gasteiger partial charge is 0.0652 e. The van der Waals surface area contributed by atoms with E-state index in [4.69, 9.17) is 4.74 Å². The van der Waals surface area contributed by atoms with Crippen molar-refractivity contribution in [3.8, 4) is 0 Å². The molecule has 1 atom stereocenters. The topological polar surface area (TPSA) is 9.23 Å². The first kappa shape index (κ1) is 16.2. The quantitative estimate of drug-likeness (QED) is 0.441. The van der Waals surface area contributed by atoms with E-state index in [9.17, 15) is 0 Å². The van der Waals surface area contributed by atoms with E-state index < -0.39 is 0 Å². The predicted octanol–water partition coefficient (Wildman–Crippen LogP) is 5.29. The van der Waals surface area contributed by atoms with Crippen molar-refractivity contribution in [2.24, 2.45) is 5.92 Å². The zero-order valence-corrected chi connectivity index (χ0v) is 14.1. The molecule has 1 nitrogen and oxygen atoms in total. The summed E-state index contributed by atoms with van der Waals surface area (Å²) in [4.78, 5) is 0. The van der Waals surface area contributed by atoms with Gasteiger partial charge in [0.05, 0.1) is 12.2 Å². The van der Waals surface area contributed by atoms with Crippen molar-refractivity contribution in [1.29, 1.82) is 0 Å². The maximum absolute atomic E-state index is 6.09. The summed E-state index contributed by atoms with van der Waals surface area (Å²) >= 11 is 5.24. The Balaban J connectivity index is 2.24.